The van der Waals surface area contributed by atoms with Crippen molar-refractivity contribution in [1.82, 2.24) is 10.2 Å². The number of aryl methyl sites for hydroxylation is 1. The van der Waals surface area contributed by atoms with E-state index in [2.05, 4.69) is 20.8 Å². The summed E-state index contributed by atoms with van der Waals surface area (Å²) in [7, 11) is 0. The van der Waals surface area contributed by atoms with E-state index < -0.39 is 11.7 Å². The van der Waals surface area contributed by atoms with Crippen molar-refractivity contribution in [2.45, 2.75) is 51.7 Å². The van der Waals surface area contributed by atoms with Gasteiger partial charge in [-0.2, -0.15) is 5.26 Å². The van der Waals surface area contributed by atoms with Crippen LogP contribution in [0.4, 0.5) is 16.3 Å². The molecule has 1 atom stereocenters. The SMILES string of the molecule is CC(C)(C)OC(=O)Nc1ccc2c(c1)CCCC2Nc1ccc(C#N)nn1. The Morgan fingerprint density at radius 2 is 2.07 bits per heavy atom. The molecule has 0 bridgehead atoms. The first-order valence-electron chi connectivity index (χ1n) is 8.97. The lowest BCUT2D eigenvalue weighted by molar-refractivity contribution is 0.0636. The third kappa shape index (κ3) is 4.94. The molecule has 0 radical (unpaired) electrons. The molecule has 0 spiro atoms. The Morgan fingerprint density at radius 1 is 1.26 bits per heavy atom. The van der Waals surface area contributed by atoms with Crippen molar-refractivity contribution in [2.24, 2.45) is 0 Å². The fraction of sp³-hybridized carbons (Fsp3) is 0.400. The van der Waals surface area contributed by atoms with Crippen LogP contribution in [0.15, 0.2) is 30.3 Å². The minimum absolute atomic E-state index is 0.117. The Bertz CT molecular complexity index is 865. The van der Waals surface area contributed by atoms with Gasteiger partial charge in [0.25, 0.3) is 0 Å². The molecule has 1 aliphatic carbocycles. The van der Waals surface area contributed by atoms with Crippen LogP contribution in [0.2, 0.25) is 0 Å². The molecule has 7 heteroatoms. The Labute approximate surface area is 158 Å². The Kier molecular flexibility index (Phi) is 5.26. The normalized spacial score (nSPS) is 16.0. The van der Waals surface area contributed by atoms with Gasteiger partial charge in [0.2, 0.25) is 0 Å². The average molecular weight is 365 g/mol. The number of hydrogen-bond donors (Lipinski definition) is 2. The highest BCUT2D eigenvalue weighted by Crippen LogP contribution is 2.33. The molecule has 140 valence electrons. The summed E-state index contributed by atoms with van der Waals surface area (Å²) in [6, 6.07) is 11.4. The second-order valence-electron chi connectivity index (χ2n) is 7.55. The maximum Gasteiger partial charge on any atom is 0.412 e. The van der Waals surface area contributed by atoms with Crippen LogP contribution in [0, 0.1) is 11.3 Å². The third-order valence-electron chi connectivity index (χ3n) is 4.20. The van der Waals surface area contributed by atoms with Gasteiger partial charge in [0.05, 0.1) is 6.04 Å². The predicted molar refractivity (Wildman–Crippen MR) is 102 cm³/mol. The van der Waals surface area contributed by atoms with E-state index in [9.17, 15) is 4.79 Å². The molecule has 0 saturated heterocycles. The van der Waals surface area contributed by atoms with Gasteiger partial charge in [-0.3, -0.25) is 5.32 Å². The van der Waals surface area contributed by atoms with Gasteiger partial charge in [-0.05, 0) is 75.4 Å². The number of anilines is 2. The van der Waals surface area contributed by atoms with Gasteiger partial charge < -0.3 is 10.1 Å². The highest BCUT2D eigenvalue weighted by molar-refractivity contribution is 5.85. The molecule has 3 rings (SSSR count). The van der Waals surface area contributed by atoms with E-state index in [1.54, 1.807) is 12.1 Å². The van der Waals surface area contributed by atoms with Crippen molar-refractivity contribution in [3.05, 3.63) is 47.2 Å². The van der Waals surface area contributed by atoms with Crippen molar-refractivity contribution in [1.29, 1.82) is 5.26 Å². The van der Waals surface area contributed by atoms with Crippen LogP contribution in [0.3, 0.4) is 0 Å². The molecular weight excluding hydrogens is 342 g/mol. The van der Waals surface area contributed by atoms with Crippen LogP contribution >= 0.6 is 0 Å². The maximum absolute atomic E-state index is 12.0. The number of nitriles is 1. The molecule has 1 aliphatic rings. The average Bonchev–Trinajstić information content (AvgIpc) is 2.61. The van der Waals surface area contributed by atoms with Crippen molar-refractivity contribution < 1.29 is 9.53 Å². The second kappa shape index (κ2) is 7.62. The number of carbonyl (C=O) groups is 1. The smallest absolute Gasteiger partial charge is 0.412 e. The molecule has 0 saturated carbocycles. The van der Waals surface area contributed by atoms with Gasteiger partial charge >= 0.3 is 6.09 Å². The first-order chi connectivity index (χ1) is 12.8. The number of rotatable bonds is 3. The van der Waals surface area contributed by atoms with Crippen LogP contribution < -0.4 is 10.6 Å². The number of nitrogens with one attached hydrogen (secondary N) is 2. The molecule has 2 N–H and O–H groups in total. The molecule has 1 heterocycles. The largest absolute Gasteiger partial charge is 0.444 e. The number of hydrogen-bond acceptors (Lipinski definition) is 6. The summed E-state index contributed by atoms with van der Waals surface area (Å²) in [6.45, 7) is 5.51. The molecule has 1 aromatic heterocycles. The van der Waals surface area contributed by atoms with Crippen LogP contribution in [0.5, 0.6) is 0 Å². The standard InChI is InChI=1S/C20H23N5O2/c1-20(2,3)27-19(26)22-14-7-9-16-13(11-14)5-4-6-17(16)23-18-10-8-15(12-21)24-25-18/h7-11,17H,4-6H2,1-3H3,(H,22,26)(H,23,25). The summed E-state index contributed by atoms with van der Waals surface area (Å²) in [6.07, 6.45) is 2.51. The zero-order valence-electron chi connectivity index (χ0n) is 15.7. The second-order valence-corrected chi connectivity index (χ2v) is 7.55. The zero-order valence-corrected chi connectivity index (χ0v) is 15.7. The number of carbonyl (C=O) groups excluding carboxylic acids is 1. The van der Waals surface area contributed by atoms with Crippen molar-refractivity contribution in [3.63, 3.8) is 0 Å². The van der Waals surface area contributed by atoms with Gasteiger partial charge in [0, 0.05) is 5.69 Å². The van der Waals surface area contributed by atoms with Crippen molar-refractivity contribution in [2.75, 3.05) is 10.6 Å². The number of benzene rings is 1. The van der Waals surface area contributed by atoms with E-state index in [-0.39, 0.29) is 6.04 Å². The molecule has 0 fully saturated rings. The van der Waals surface area contributed by atoms with Crippen LogP contribution in [0.25, 0.3) is 0 Å². The lowest BCUT2D eigenvalue weighted by Gasteiger charge is -2.27. The van der Waals surface area contributed by atoms with Crippen molar-refractivity contribution in [3.8, 4) is 6.07 Å². The van der Waals surface area contributed by atoms with Crippen LogP contribution in [-0.4, -0.2) is 21.9 Å². The Balaban J connectivity index is 1.72. The van der Waals surface area contributed by atoms with Crippen LogP contribution in [-0.2, 0) is 11.2 Å². The summed E-state index contributed by atoms with van der Waals surface area (Å²) in [4.78, 5) is 12.0. The molecule has 1 amide bonds. The Morgan fingerprint density at radius 3 is 2.74 bits per heavy atom. The summed E-state index contributed by atoms with van der Waals surface area (Å²) in [5, 5.41) is 22.9. The fourth-order valence-electron chi connectivity index (χ4n) is 3.11. The summed E-state index contributed by atoms with van der Waals surface area (Å²) >= 11 is 0. The monoisotopic (exact) mass is 365 g/mol. The lowest BCUT2D eigenvalue weighted by Crippen LogP contribution is -2.27. The quantitative estimate of drug-likeness (QED) is 0.846. The van der Waals surface area contributed by atoms with E-state index in [4.69, 9.17) is 10.00 Å². The van der Waals surface area contributed by atoms with Gasteiger partial charge in [-0.1, -0.05) is 6.07 Å². The van der Waals surface area contributed by atoms with E-state index in [1.807, 2.05) is 45.0 Å². The summed E-state index contributed by atoms with van der Waals surface area (Å²) in [5.41, 5.74) is 2.86. The number of aromatic nitrogens is 2. The minimum atomic E-state index is -0.532. The first-order valence-corrected chi connectivity index (χ1v) is 8.97. The molecule has 1 unspecified atom stereocenters. The summed E-state index contributed by atoms with van der Waals surface area (Å²) in [5.74, 6) is 0.641. The predicted octanol–water partition coefficient (Wildman–Crippen LogP) is 4.18. The molecule has 2 aromatic rings. The number of amides is 1. The first kappa shape index (κ1) is 18.6. The maximum atomic E-state index is 12.0. The molecule has 0 aliphatic heterocycles. The van der Waals surface area contributed by atoms with Gasteiger partial charge in [0.15, 0.2) is 5.69 Å². The van der Waals surface area contributed by atoms with Crippen molar-refractivity contribution >= 4 is 17.6 Å². The Hall–Kier alpha value is -3.14. The fourth-order valence-corrected chi connectivity index (χ4v) is 3.11. The zero-order chi connectivity index (χ0) is 19.4. The molecule has 7 nitrogen and oxygen atoms in total. The molecule has 27 heavy (non-hydrogen) atoms. The van der Waals surface area contributed by atoms with Gasteiger partial charge in [-0.25, -0.2) is 4.79 Å². The minimum Gasteiger partial charge on any atom is -0.444 e. The number of fused-ring (bicyclic) bond motifs is 1. The molecular formula is C20H23N5O2. The van der Waals surface area contributed by atoms with Gasteiger partial charge in [0.1, 0.15) is 17.5 Å². The third-order valence-corrected chi connectivity index (χ3v) is 4.20. The highest BCUT2D eigenvalue weighted by atomic mass is 16.6. The van der Waals surface area contributed by atoms with E-state index >= 15 is 0 Å². The molecule has 1 aromatic carbocycles. The lowest BCUT2D eigenvalue weighted by atomic mass is 9.87. The van der Waals surface area contributed by atoms with E-state index in [1.165, 1.54) is 11.1 Å². The number of nitrogens with zero attached hydrogens (tertiary/aromatic N) is 3. The van der Waals surface area contributed by atoms with Gasteiger partial charge in [-0.15, -0.1) is 10.2 Å². The van der Waals surface area contributed by atoms with E-state index in [0.717, 1.165) is 24.9 Å². The van der Waals surface area contributed by atoms with E-state index in [0.29, 0.717) is 11.5 Å². The van der Waals surface area contributed by atoms with Crippen LogP contribution in [0.1, 0.15) is 56.5 Å². The highest BCUT2D eigenvalue weighted by Gasteiger charge is 2.22. The number of ether oxygens (including phenoxy) is 1. The summed E-state index contributed by atoms with van der Waals surface area (Å²) < 4.78 is 5.30. The topological polar surface area (TPSA) is 99.9 Å².